The lowest BCUT2D eigenvalue weighted by atomic mass is 10.0. The molecule has 1 aromatic heterocycles. The second kappa shape index (κ2) is 6.46. The van der Waals surface area contributed by atoms with Crippen molar-refractivity contribution in [3.05, 3.63) is 72.7 Å². The summed E-state index contributed by atoms with van der Waals surface area (Å²) < 4.78 is 0. The van der Waals surface area contributed by atoms with Gasteiger partial charge in [0.2, 0.25) is 0 Å². The topological polar surface area (TPSA) is 40.7 Å². The number of H-pyrrole nitrogens is 1. The zero-order valence-electron chi connectivity index (χ0n) is 13.6. The molecule has 0 unspecified atom stereocenters. The fourth-order valence-corrected chi connectivity index (χ4v) is 3.23. The first-order chi connectivity index (χ1) is 11.8. The van der Waals surface area contributed by atoms with Crippen molar-refractivity contribution in [3.8, 4) is 22.4 Å². The molecule has 2 N–H and O–H groups in total. The summed E-state index contributed by atoms with van der Waals surface area (Å²) in [4.78, 5) is 8.08. The van der Waals surface area contributed by atoms with Crippen LogP contribution < -0.4 is 5.32 Å². The molecular weight excluding hydrogens is 294 g/mol. The Morgan fingerprint density at radius 2 is 1.62 bits per heavy atom. The molecule has 4 rings (SSSR count). The third-order valence-corrected chi connectivity index (χ3v) is 4.65. The number of hydrogen-bond acceptors (Lipinski definition) is 2. The molecule has 0 aliphatic carbocycles. The zero-order valence-corrected chi connectivity index (χ0v) is 13.6. The van der Waals surface area contributed by atoms with Crippen molar-refractivity contribution in [2.75, 3.05) is 6.54 Å². The third-order valence-electron chi connectivity index (χ3n) is 4.65. The summed E-state index contributed by atoms with van der Waals surface area (Å²) in [5, 5.41) is 3.48. The SMILES string of the molecule is C=Cc1ccc(-c2ccc(-c3c[nH]c([C@@H]4CCCN4)n3)cc2)cc1. The first-order valence-electron chi connectivity index (χ1n) is 8.45. The average Bonchev–Trinajstić information content (AvgIpc) is 3.33. The second-order valence-electron chi connectivity index (χ2n) is 6.22. The number of nitrogens with zero attached hydrogens (tertiary/aromatic N) is 1. The average molecular weight is 315 g/mol. The van der Waals surface area contributed by atoms with Gasteiger partial charge in [0.25, 0.3) is 0 Å². The summed E-state index contributed by atoms with van der Waals surface area (Å²) in [5.74, 6) is 1.05. The molecule has 1 fully saturated rings. The van der Waals surface area contributed by atoms with Crippen LogP contribution in [-0.4, -0.2) is 16.5 Å². The van der Waals surface area contributed by atoms with E-state index >= 15 is 0 Å². The molecule has 0 spiro atoms. The Labute approximate surface area is 142 Å². The summed E-state index contributed by atoms with van der Waals surface area (Å²) in [6, 6.07) is 17.4. The molecule has 3 nitrogen and oxygen atoms in total. The number of aromatic nitrogens is 2. The Morgan fingerprint density at radius 1 is 0.958 bits per heavy atom. The van der Waals surface area contributed by atoms with Crippen LogP contribution in [0.3, 0.4) is 0 Å². The van der Waals surface area contributed by atoms with E-state index < -0.39 is 0 Å². The van der Waals surface area contributed by atoms with Crippen LogP contribution in [0.15, 0.2) is 61.3 Å². The summed E-state index contributed by atoms with van der Waals surface area (Å²) >= 11 is 0. The Morgan fingerprint density at radius 3 is 2.25 bits per heavy atom. The highest BCUT2D eigenvalue weighted by molar-refractivity contribution is 5.69. The number of aromatic amines is 1. The molecule has 2 aromatic carbocycles. The van der Waals surface area contributed by atoms with Gasteiger partial charge in [-0.1, -0.05) is 61.2 Å². The van der Waals surface area contributed by atoms with Gasteiger partial charge in [0.1, 0.15) is 5.82 Å². The quantitative estimate of drug-likeness (QED) is 0.725. The largest absolute Gasteiger partial charge is 0.347 e. The van der Waals surface area contributed by atoms with Gasteiger partial charge in [0, 0.05) is 11.8 Å². The number of benzene rings is 2. The summed E-state index contributed by atoms with van der Waals surface area (Å²) in [5.41, 5.74) is 5.71. The van der Waals surface area contributed by atoms with Crippen molar-refractivity contribution in [3.63, 3.8) is 0 Å². The molecule has 1 aliphatic rings. The molecule has 0 radical (unpaired) electrons. The van der Waals surface area contributed by atoms with Crippen molar-refractivity contribution in [2.45, 2.75) is 18.9 Å². The van der Waals surface area contributed by atoms with E-state index in [1.165, 1.54) is 17.5 Å². The Balaban J connectivity index is 1.55. The molecule has 0 bridgehead atoms. The van der Waals surface area contributed by atoms with E-state index in [4.69, 9.17) is 4.98 Å². The Hall–Kier alpha value is -2.65. The second-order valence-corrected chi connectivity index (χ2v) is 6.22. The highest BCUT2D eigenvalue weighted by Gasteiger charge is 2.19. The van der Waals surface area contributed by atoms with Crippen molar-refractivity contribution in [2.24, 2.45) is 0 Å². The molecule has 0 saturated carbocycles. The first-order valence-corrected chi connectivity index (χ1v) is 8.45. The first kappa shape index (κ1) is 14.9. The molecule has 0 amide bonds. The smallest absolute Gasteiger partial charge is 0.124 e. The molecular formula is C21H21N3. The molecule has 120 valence electrons. The van der Waals surface area contributed by atoms with Crippen molar-refractivity contribution in [1.82, 2.24) is 15.3 Å². The van der Waals surface area contributed by atoms with Gasteiger partial charge in [-0.25, -0.2) is 4.98 Å². The fraction of sp³-hybridized carbons (Fsp3) is 0.190. The highest BCUT2D eigenvalue weighted by atomic mass is 15.0. The fourth-order valence-electron chi connectivity index (χ4n) is 3.23. The predicted molar refractivity (Wildman–Crippen MR) is 99.5 cm³/mol. The standard InChI is InChI=1S/C21H21N3/c1-2-15-5-7-16(8-6-15)17-9-11-18(12-10-17)20-14-23-21(24-20)19-4-3-13-22-19/h2,5-12,14,19,22H,1,3-4,13H2,(H,23,24)/t19-/m0/s1. The zero-order chi connectivity index (χ0) is 16.4. The van der Waals surface area contributed by atoms with Crippen LogP contribution in [0.25, 0.3) is 28.5 Å². The number of nitrogens with one attached hydrogen (secondary N) is 2. The van der Waals surface area contributed by atoms with Gasteiger partial charge in [0.05, 0.1) is 11.7 Å². The number of rotatable bonds is 4. The molecule has 1 aliphatic heterocycles. The maximum atomic E-state index is 4.76. The summed E-state index contributed by atoms with van der Waals surface area (Å²) in [6.45, 7) is 4.88. The van der Waals surface area contributed by atoms with Gasteiger partial charge in [0.15, 0.2) is 0 Å². The molecule has 3 aromatic rings. The minimum Gasteiger partial charge on any atom is -0.347 e. The van der Waals surface area contributed by atoms with E-state index in [0.717, 1.165) is 35.6 Å². The Kier molecular flexibility index (Phi) is 4.01. The van der Waals surface area contributed by atoms with Gasteiger partial charge in [-0.05, 0) is 36.1 Å². The van der Waals surface area contributed by atoms with Crippen LogP contribution in [0.4, 0.5) is 0 Å². The summed E-state index contributed by atoms with van der Waals surface area (Å²) in [6.07, 6.45) is 6.25. The Bertz CT molecular complexity index is 822. The molecule has 2 heterocycles. The maximum Gasteiger partial charge on any atom is 0.124 e. The minimum atomic E-state index is 0.376. The van der Waals surface area contributed by atoms with E-state index in [9.17, 15) is 0 Å². The lowest BCUT2D eigenvalue weighted by Crippen LogP contribution is -2.14. The van der Waals surface area contributed by atoms with Gasteiger partial charge in [-0.15, -0.1) is 0 Å². The molecule has 3 heteroatoms. The molecule has 24 heavy (non-hydrogen) atoms. The number of hydrogen-bond donors (Lipinski definition) is 2. The molecule has 1 saturated heterocycles. The van der Waals surface area contributed by atoms with E-state index in [1.54, 1.807) is 0 Å². The van der Waals surface area contributed by atoms with Gasteiger partial charge >= 0.3 is 0 Å². The highest BCUT2D eigenvalue weighted by Crippen LogP contribution is 2.26. The summed E-state index contributed by atoms with van der Waals surface area (Å²) in [7, 11) is 0. The van der Waals surface area contributed by atoms with E-state index in [-0.39, 0.29) is 0 Å². The number of imidazole rings is 1. The lowest BCUT2D eigenvalue weighted by molar-refractivity contribution is 0.613. The van der Waals surface area contributed by atoms with Gasteiger partial charge < -0.3 is 10.3 Å². The van der Waals surface area contributed by atoms with Crippen molar-refractivity contribution < 1.29 is 0 Å². The van der Waals surface area contributed by atoms with E-state index in [2.05, 4.69) is 65.4 Å². The predicted octanol–water partition coefficient (Wildman–Crippen LogP) is 4.81. The maximum absolute atomic E-state index is 4.76. The van der Waals surface area contributed by atoms with Crippen LogP contribution in [-0.2, 0) is 0 Å². The minimum absolute atomic E-state index is 0.376. The van der Waals surface area contributed by atoms with E-state index in [1.807, 2.05) is 12.3 Å². The molecule has 1 atom stereocenters. The van der Waals surface area contributed by atoms with Crippen molar-refractivity contribution >= 4 is 6.08 Å². The normalized spacial score (nSPS) is 17.1. The van der Waals surface area contributed by atoms with Crippen LogP contribution >= 0.6 is 0 Å². The monoisotopic (exact) mass is 315 g/mol. The van der Waals surface area contributed by atoms with Crippen LogP contribution in [0, 0.1) is 0 Å². The van der Waals surface area contributed by atoms with Crippen LogP contribution in [0.1, 0.15) is 30.3 Å². The van der Waals surface area contributed by atoms with Crippen LogP contribution in [0.5, 0.6) is 0 Å². The van der Waals surface area contributed by atoms with Gasteiger partial charge in [-0.2, -0.15) is 0 Å². The van der Waals surface area contributed by atoms with Crippen LogP contribution in [0.2, 0.25) is 0 Å². The van der Waals surface area contributed by atoms with Crippen molar-refractivity contribution in [1.29, 1.82) is 0 Å². The lowest BCUT2D eigenvalue weighted by Gasteiger charge is -2.05. The van der Waals surface area contributed by atoms with Gasteiger partial charge in [-0.3, -0.25) is 0 Å². The third kappa shape index (κ3) is 2.91. The van der Waals surface area contributed by atoms with E-state index in [0.29, 0.717) is 6.04 Å².